The molecular weight excluding hydrogens is 236 g/mol. The van der Waals surface area contributed by atoms with Gasteiger partial charge in [-0.2, -0.15) is 0 Å². The molecule has 0 aromatic heterocycles. The van der Waals surface area contributed by atoms with E-state index in [1.165, 1.54) is 23.1 Å². The quantitative estimate of drug-likeness (QED) is 0.774. The van der Waals surface area contributed by atoms with E-state index in [-0.39, 0.29) is 17.2 Å². The molecule has 6 nitrogen and oxygen atoms in total. The summed E-state index contributed by atoms with van der Waals surface area (Å²) < 4.78 is 5.37. The van der Waals surface area contributed by atoms with Gasteiger partial charge in [0.2, 0.25) is 0 Å². The van der Waals surface area contributed by atoms with Gasteiger partial charge < -0.3 is 20.5 Å². The lowest BCUT2D eigenvalue weighted by Gasteiger charge is -2.18. The number of hydrogen-bond donors (Lipinski definition) is 2. The molecule has 0 aliphatic rings. The molecule has 0 spiro atoms. The zero-order chi connectivity index (χ0) is 13.9. The van der Waals surface area contributed by atoms with Crippen LogP contribution < -0.4 is 10.5 Å². The fourth-order valence-electron chi connectivity index (χ4n) is 1.41. The highest BCUT2D eigenvalue weighted by Crippen LogP contribution is 2.21. The number of aromatic carboxylic acids is 1. The minimum absolute atomic E-state index is 0.0444. The van der Waals surface area contributed by atoms with Crippen molar-refractivity contribution in [3.8, 4) is 5.75 Å². The van der Waals surface area contributed by atoms with E-state index in [4.69, 9.17) is 15.6 Å². The first-order chi connectivity index (χ1) is 8.32. The van der Waals surface area contributed by atoms with Crippen molar-refractivity contribution in [2.75, 3.05) is 19.8 Å². The first kappa shape index (κ1) is 13.8. The molecule has 1 aromatic rings. The number of rotatable bonds is 4. The maximum absolute atomic E-state index is 11.6. The molecule has 1 amide bonds. The average molecular weight is 252 g/mol. The van der Waals surface area contributed by atoms with Gasteiger partial charge in [-0.15, -0.1) is 0 Å². The second-order valence-corrected chi connectivity index (χ2v) is 4.05. The lowest BCUT2D eigenvalue weighted by molar-refractivity contribution is -0.135. The number of amides is 1. The molecule has 0 heterocycles. The van der Waals surface area contributed by atoms with Gasteiger partial charge in [0.15, 0.2) is 6.10 Å². The largest absolute Gasteiger partial charge is 0.481 e. The standard InChI is InChI=1S/C12H16N2O4/c1-7(11(15)14(2)3)18-8-4-5-10(13)9(6-8)12(16)17/h4-7H,13H2,1-3H3,(H,16,17). The summed E-state index contributed by atoms with van der Waals surface area (Å²) in [6, 6.07) is 4.27. The van der Waals surface area contributed by atoms with Crippen molar-refractivity contribution in [3.63, 3.8) is 0 Å². The summed E-state index contributed by atoms with van der Waals surface area (Å²) in [5.74, 6) is -1.04. The Morgan fingerprint density at radius 1 is 1.39 bits per heavy atom. The molecule has 98 valence electrons. The van der Waals surface area contributed by atoms with Crippen LogP contribution in [-0.4, -0.2) is 42.1 Å². The fourth-order valence-corrected chi connectivity index (χ4v) is 1.41. The van der Waals surface area contributed by atoms with Crippen molar-refractivity contribution >= 4 is 17.6 Å². The zero-order valence-corrected chi connectivity index (χ0v) is 10.5. The molecule has 0 fully saturated rings. The van der Waals surface area contributed by atoms with Gasteiger partial charge in [-0.1, -0.05) is 0 Å². The van der Waals surface area contributed by atoms with E-state index in [9.17, 15) is 9.59 Å². The maximum Gasteiger partial charge on any atom is 0.337 e. The molecule has 6 heteroatoms. The van der Waals surface area contributed by atoms with Crippen LogP contribution in [0.1, 0.15) is 17.3 Å². The lowest BCUT2D eigenvalue weighted by atomic mass is 10.1. The summed E-state index contributed by atoms with van der Waals surface area (Å²) in [4.78, 5) is 23.9. The smallest absolute Gasteiger partial charge is 0.337 e. The second kappa shape index (κ2) is 5.39. The number of ether oxygens (including phenoxy) is 1. The van der Waals surface area contributed by atoms with Crippen LogP contribution in [0, 0.1) is 0 Å². The van der Waals surface area contributed by atoms with E-state index in [2.05, 4.69) is 0 Å². The summed E-state index contributed by atoms with van der Waals surface area (Å²) in [6.45, 7) is 1.60. The van der Waals surface area contributed by atoms with Crippen molar-refractivity contribution in [2.24, 2.45) is 0 Å². The monoisotopic (exact) mass is 252 g/mol. The summed E-state index contributed by atoms with van der Waals surface area (Å²) in [7, 11) is 3.24. The number of nitrogens with zero attached hydrogens (tertiary/aromatic N) is 1. The number of likely N-dealkylation sites (N-methyl/N-ethyl adjacent to an activating group) is 1. The molecule has 0 aliphatic heterocycles. The Bertz CT molecular complexity index is 471. The van der Waals surface area contributed by atoms with Crippen molar-refractivity contribution in [3.05, 3.63) is 23.8 Å². The Morgan fingerprint density at radius 3 is 2.50 bits per heavy atom. The van der Waals surface area contributed by atoms with Crippen LogP contribution >= 0.6 is 0 Å². The van der Waals surface area contributed by atoms with Gasteiger partial charge >= 0.3 is 5.97 Å². The average Bonchev–Trinajstić information content (AvgIpc) is 2.29. The van der Waals surface area contributed by atoms with E-state index < -0.39 is 12.1 Å². The summed E-state index contributed by atoms with van der Waals surface area (Å²) in [5.41, 5.74) is 5.63. The highest BCUT2D eigenvalue weighted by Gasteiger charge is 2.17. The number of nitrogens with two attached hydrogens (primary N) is 1. The number of carbonyl (C=O) groups excluding carboxylic acids is 1. The van der Waals surface area contributed by atoms with Crippen LogP contribution in [0.15, 0.2) is 18.2 Å². The molecule has 1 rings (SSSR count). The molecule has 1 atom stereocenters. The predicted molar refractivity (Wildman–Crippen MR) is 66.6 cm³/mol. The zero-order valence-electron chi connectivity index (χ0n) is 10.5. The highest BCUT2D eigenvalue weighted by atomic mass is 16.5. The predicted octanol–water partition coefficient (Wildman–Crippen LogP) is 0.823. The number of benzene rings is 1. The number of carboxylic acids is 1. The number of carbonyl (C=O) groups is 2. The second-order valence-electron chi connectivity index (χ2n) is 4.05. The number of nitrogen functional groups attached to an aromatic ring is 1. The SMILES string of the molecule is CC(Oc1ccc(N)c(C(=O)O)c1)C(=O)N(C)C. The highest BCUT2D eigenvalue weighted by molar-refractivity contribution is 5.94. The van der Waals surface area contributed by atoms with E-state index >= 15 is 0 Å². The fraction of sp³-hybridized carbons (Fsp3) is 0.333. The molecule has 3 N–H and O–H groups in total. The molecule has 18 heavy (non-hydrogen) atoms. The molecule has 1 unspecified atom stereocenters. The minimum Gasteiger partial charge on any atom is -0.481 e. The van der Waals surface area contributed by atoms with Gasteiger partial charge in [0.1, 0.15) is 5.75 Å². The summed E-state index contributed by atoms with van der Waals surface area (Å²) in [5, 5.41) is 8.91. The third kappa shape index (κ3) is 3.13. The van der Waals surface area contributed by atoms with E-state index in [0.29, 0.717) is 5.75 Å². The van der Waals surface area contributed by atoms with Crippen LogP contribution in [0.3, 0.4) is 0 Å². The first-order valence-electron chi connectivity index (χ1n) is 5.33. The molecule has 0 aliphatic carbocycles. The summed E-state index contributed by atoms with van der Waals surface area (Å²) >= 11 is 0. The minimum atomic E-state index is -1.13. The molecule has 0 bridgehead atoms. The maximum atomic E-state index is 11.6. The normalized spacial score (nSPS) is 11.7. The van der Waals surface area contributed by atoms with Gasteiger partial charge in [-0.3, -0.25) is 4.79 Å². The molecule has 0 saturated carbocycles. The van der Waals surface area contributed by atoms with Crippen LogP contribution in [0.4, 0.5) is 5.69 Å². The Labute approximate surface area is 105 Å². The van der Waals surface area contributed by atoms with Crippen molar-refractivity contribution < 1.29 is 19.4 Å². The van der Waals surface area contributed by atoms with Crippen molar-refractivity contribution in [1.82, 2.24) is 4.90 Å². The molecule has 0 radical (unpaired) electrons. The third-order valence-corrected chi connectivity index (χ3v) is 2.36. The van der Waals surface area contributed by atoms with Crippen molar-refractivity contribution in [2.45, 2.75) is 13.0 Å². The number of hydrogen-bond acceptors (Lipinski definition) is 4. The Kier molecular flexibility index (Phi) is 4.14. The van der Waals surface area contributed by atoms with Gasteiger partial charge in [-0.05, 0) is 25.1 Å². The Balaban J connectivity index is 2.89. The number of carboxylic acid groups (broad SMARTS) is 1. The van der Waals surface area contributed by atoms with Gasteiger partial charge in [0, 0.05) is 19.8 Å². The van der Waals surface area contributed by atoms with Crippen LogP contribution in [-0.2, 0) is 4.79 Å². The van der Waals surface area contributed by atoms with Crippen LogP contribution in [0.5, 0.6) is 5.75 Å². The lowest BCUT2D eigenvalue weighted by Crippen LogP contribution is -2.35. The van der Waals surface area contributed by atoms with E-state index in [0.717, 1.165) is 0 Å². The van der Waals surface area contributed by atoms with Crippen LogP contribution in [0.2, 0.25) is 0 Å². The first-order valence-corrected chi connectivity index (χ1v) is 5.33. The van der Waals surface area contributed by atoms with Gasteiger partial charge in [0.05, 0.1) is 5.56 Å². The third-order valence-electron chi connectivity index (χ3n) is 2.36. The Morgan fingerprint density at radius 2 is 2.00 bits per heavy atom. The Hall–Kier alpha value is -2.24. The van der Waals surface area contributed by atoms with Crippen LogP contribution in [0.25, 0.3) is 0 Å². The molecule has 0 saturated heterocycles. The van der Waals surface area contributed by atoms with E-state index in [1.54, 1.807) is 21.0 Å². The number of anilines is 1. The topological polar surface area (TPSA) is 92.9 Å². The van der Waals surface area contributed by atoms with Crippen molar-refractivity contribution in [1.29, 1.82) is 0 Å². The van der Waals surface area contributed by atoms with Gasteiger partial charge in [0.25, 0.3) is 5.91 Å². The molecule has 1 aromatic carbocycles. The molecular formula is C12H16N2O4. The summed E-state index contributed by atoms with van der Waals surface area (Å²) in [6.07, 6.45) is -0.690. The van der Waals surface area contributed by atoms with Gasteiger partial charge in [-0.25, -0.2) is 4.79 Å². The van der Waals surface area contributed by atoms with E-state index in [1.807, 2.05) is 0 Å².